The molecule has 10 heavy (non-hydrogen) atoms. The number of hydrogen-bond donors (Lipinski definition) is 2. The molecule has 1 atom stereocenters. The molecule has 0 aromatic heterocycles. The van der Waals surface area contributed by atoms with Crippen LogP contribution < -0.4 is 11.5 Å². The van der Waals surface area contributed by atoms with Crippen molar-refractivity contribution in [2.75, 3.05) is 0 Å². The Labute approximate surface area is 60.9 Å². The van der Waals surface area contributed by atoms with Gasteiger partial charge in [0.25, 0.3) is 0 Å². The van der Waals surface area contributed by atoms with Gasteiger partial charge in [0, 0.05) is 11.4 Å². The molecule has 4 N–H and O–H groups in total. The summed E-state index contributed by atoms with van der Waals surface area (Å²) in [5, 5.41) is 0. The van der Waals surface area contributed by atoms with Gasteiger partial charge in [0.15, 0.2) is 0 Å². The predicted octanol–water partition coefficient (Wildman–Crippen LogP) is 0.878. The third-order valence-electron chi connectivity index (χ3n) is 1.38. The highest BCUT2D eigenvalue weighted by Crippen LogP contribution is 2.08. The van der Waals surface area contributed by atoms with Crippen molar-refractivity contribution in [1.82, 2.24) is 0 Å². The number of nitrogens with two attached hydrogens (primary N) is 2. The zero-order valence-electron chi connectivity index (χ0n) is 6.04. The molecular weight excluding hydrogens is 124 g/mol. The Kier molecular flexibility index (Phi) is 1.81. The van der Waals surface area contributed by atoms with Crippen molar-refractivity contribution in [3.05, 3.63) is 35.7 Å². The highest BCUT2D eigenvalue weighted by atomic mass is 14.6. The second-order valence-electron chi connectivity index (χ2n) is 2.53. The highest BCUT2D eigenvalue weighted by Gasteiger charge is 1.97. The van der Waals surface area contributed by atoms with Crippen LogP contribution in [0, 0.1) is 5.92 Å². The van der Waals surface area contributed by atoms with Gasteiger partial charge in [-0.3, -0.25) is 0 Å². The van der Waals surface area contributed by atoms with E-state index in [9.17, 15) is 0 Å². The van der Waals surface area contributed by atoms with Crippen LogP contribution in [0.5, 0.6) is 0 Å². The van der Waals surface area contributed by atoms with E-state index in [2.05, 4.69) is 6.92 Å². The van der Waals surface area contributed by atoms with E-state index in [-0.39, 0.29) is 0 Å². The normalized spacial score (nSPS) is 25.1. The van der Waals surface area contributed by atoms with E-state index >= 15 is 0 Å². The highest BCUT2D eigenvalue weighted by molar-refractivity contribution is 5.30. The molecule has 0 radical (unpaired) electrons. The molecule has 1 aliphatic carbocycles. The first-order chi connectivity index (χ1) is 4.68. The Bertz CT molecular complexity index is 211. The maximum absolute atomic E-state index is 5.58. The first-order valence-corrected chi connectivity index (χ1v) is 3.31. The van der Waals surface area contributed by atoms with E-state index in [4.69, 9.17) is 11.5 Å². The Morgan fingerprint density at radius 3 is 2.70 bits per heavy atom. The van der Waals surface area contributed by atoms with Crippen LogP contribution in [0.3, 0.4) is 0 Å². The van der Waals surface area contributed by atoms with E-state index in [0.29, 0.717) is 5.92 Å². The summed E-state index contributed by atoms with van der Waals surface area (Å²) in [6, 6.07) is 0. The molecule has 2 heteroatoms. The van der Waals surface area contributed by atoms with Crippen LogP contribution >= 0.6 is 0 Å². The molecular formula is C8H12N2. The quantitative estimate of drug-likeness (QED) is 0.519. The molecule has 0 fully saturated rings. The molecule has 1 rings (SSSR count). The van der Waals surface area contributed by atoms with Crippen molar-refractivity contribution in [2.45, 2.75) is 6.92 Å². The Morgan fingerprint density at radius 1 is 1.30 bits per heavy atom. The van der Waals surface area contributed by atoms with Gasteiger partial charge >= 0.3 is 0 Å². The fraction of sp³-hybridized carbons (Fsp3) is 0.250. The minimum Gasteiger partial charge on any atom is -0.399 e. The maximum atomic E-state index is 5.58. The second kappa shape index (κ2) is 2.60. The van der Waals surface area contributed by atoms with E-state index in [1.54, 1.807) is 6.08 Å². The monoisotopic (exact) mass is 136 g/mol. The van der Waals surface area contributed by atoms with Crippen molar-refractivity contribution >= 4 is 0 Å². The molecule has 2 nitrogen and oxygen atoms in total. The lowest BCUT2D eigenvalue weighted by Gasteiger charge is -1.94. The Morgan fingerprint density at radius 2 is 2.00 bits per heavy atom. The first-order valence-electron chi connectivity index (χ1n) is 3.31. The van der Waals surface area contributed by atoms with Gasteiger partial charge in [-0.15, -0.1) is 0 Å². The number of hydrogen-bond acceptors (Lipinski definition) is 2. The summed E-state index contributed by atoms with van der Waals surface area (Å²) in [5.74, 6) is 0.386. The van der Waals surface area contributed by atoms with Gasteiger partial charge in [0.2, 0.25) is 0 Å². The van der Waals surface area contributed by atoms with Crippen LogP contribution in [-0.2, 0) is 0 Å². The molecule has 0 aliphatic heterocycles. The Hall–Kier alpha value is -1.18. The van der Waals surface area contributed by atoms with E-state index in [0.717, 1.165) is 11.4 Å². The molecule has 1 unspecified atom stereocenters. The standard InChI is InChI=1S/C8H12N2/c1-6-2-3-7(9)5-8(10)4-6/h2-6H,9-10H2,1H3. The fourth-order valence-corrected chi connectivity index (χ4v) is 0.911. The summed E-state index contributed by atoms with van der Waals surface area (Å²) in [4.78, 5) is 0. The average Bonchev–Trinajstić information content (AvgIpc) is 1.93. The van der Waals surface area contributed by atoms with Crippen LogP contribution in [0.15, 0.2) is 35.7 Å². The lowest BCUT2D eigenvalue weighted by molar-refractivity contribution is 0.930. The van der Waals surface area contributed by atoms with Crippen LogP contribution in [0.4, 0.5) is 0 Å². The number of allylic oxidation sites excluding steroid dienone is 4. The molecule has 1 aliphatic rings. The molecule has 0 saturated heterocycles. The summed E-state index contributed by atoms with van der Waals surface area (Å²) >= 11 is 0. The lowest BCUT2D eigenvalue weighted by atomic mass is 10.1. The summed E-state index contributed by atoms with van der Waals surface area (Å²) in [6.45, 7) is 2.07. The van der Waals surface area contributed by atoms with Crippen molar-refractivity contribution in [2.24, 2.45) is 17.4 Å². The summed E-state index contributed by atoms with van der Waals surface area (Å²) in [5.41, 5.74) is 12.6. The second-order valence-corrected chi connectivity index (χ2v) is 2.53. The van der Waals surface area contributed by atoms with Crippen LogP contribution in [0.25, 0.3) is 0 Å². The molecule has 0 heterocycles. The molecule has 0 spiro atoms. The van der Waals surface area contributed by atoms with Gasteiger partial charge in [-0.25, -0.2) is 0 Å². The largest absolute Gasteiger partial charge is 0.399 e. The first kappa shape index (κ1) is 6.93. The summed E-state index contributed by atoms with van der Waals surface area (Å²) in [6.07, 6.45) is 7.63. The molecule has 0 aromatic carbocycles. The molecule has 54 valence electrons. The van der Waals surface area contributed by atoms with Crippen molar-refractivity contribution < 1.29 is 0 Å². The minimum atomic E-state index is 0.386. The lowest BCUT2D eigenvalue weighted by Crippen LogP contribution is -1.98. The van der Waals surface area contributed by atoms with E-state index in [1.807, 2.05) is 18.2 Å². The SMILES string of the molecule is CC1C=CC(N)=CC(N)=C1. The predicted molar refractivity (Wildman–Crippen MR) is 42.8 cm³/mol. The van der Waals surface area contributed by atoms with Crippen molar-refractivity contribution in [1.29, 1.82) is 0 Å². The zero-order chi connectivity index (χ0) is 7.56. The van der Waals surface area contributed by atoms with Gasteiger partial charge in [-0.1, -0.05) is 19.1 Å². The summed E-state index contributed by atoms with van der Waals surface area (Å²) in [7, 11) is 0. The topological polar surface area (TPSA) is 52.0 Å². The van der Waals surface area contributed by atoms with Gasteiger partial charge < -0.3 is 11.5 Å². The van der Waals surface area contributed by atoms with Crippen molar-refractivity contribution in [3.63, 3.8) is 0 Å². The molecule has 0 saturated carbocycles. The average molecular weight is 136 g/mol. The summed E-state index contributed by atoms with van der Waals surface area (Å²) < 4.78 is 0. The van der Waals surface area contributed by atoms with Crippen molar-refractivity contribution in [3.8, 4) is 0 Å². The zero-order valence-corrected chi connectivity index (χ0v) is 6.04. The van der Waals surface area contributed by atoms with Gasteiger partial charge in [-0.05, 0) is 18.1 Å². The minimum absolute atomic E-state index is 0.386. The van der Waals surface area contributed by atoms with Crippen LogP contribution in [-0.4, -0.2) is 0 Å². The van der Waals surface area contributed by atoms with Crippen LogP contribution in [0.2, 0.25) is 0 Å². The fourth-order valence-electron chi connectivity index (χ4n) is 0.911. The maximum Gasteiger partial charge on any atom is 0.0331 e. The van der Waals surface area contributed by atoms with E-state index < -0.39 is 0 Å². The van der Waals surface area contributed by atoms with Gasteiger partial charge in [-0.2, -0.15) is 0 Å². The van der Waals surface area contributed by atoms with Gasteiger partial charge in [0.1, 0.15) is 0 Å². The third-order valence-corrected chi connectivity index (χ3v) is 1.38. The smallest absolute Gasteiger partial charge is 0.0331 e. The van der Waals surface area contributed by atoms with Crippen LogP contribution in [0.1, 0.15) is 6.92 Å². The Balaban J connectivity index is 2.88. The van der Waals surface area contributed by atoms with E-state index in [1.165, 1.54) is 0 Å². The molecule has 0 amide bonds. The molecule has 0 bridgehead atoms. The van der Waals surface area contributed by atoms with Gasteiger partial charge in [0.05, 0.1) is 0 Å². The number of rotatable bonds is 0. The molecule has 0 aromatic rings. The third kappa shape index (κ3) is 1.65.